The molecule has 0 saturated heterocycles. The van der Waals surface area contributed by atoms with E-state index in [1.807, 2.05) is 17.7 Å². The zero-order chi connectivity index (χ0) is 12.4. The summed E-state index contributed by atoms with van der Waals surface area (Å²) in [5.41, 5.74) is 2.48. The Kier molecular flexibility index (Phi) is 3.15. The van der Waals surface area contributed by atoms with E-state index >= 15 is 0 Å². The summed E-state index contributed by atoms with van der Waals surface area (Å²) in [6, 6.07) is 6.57. The third kappa shape index (κ3) is 2.31. The van der Waals surface area contributed by atoms with Crippen LogP contribution in [-0.4, -0.2) is 18.1 Å². The van der Waals surface area contributed by atoms with Crippen molar-refractivity contribution >= 4 is 22.9 Å². The van der Waals surface area contributed by atoms with Crippen LogP contribution in [0.3, 0.4) is 0 Å². The van der Waals surface area contributed by atoms with Crippen molar-refractivity contribution in [3.05, 3.63) is 46.2 Å². The van der Waals surface area contributed by atoms with Gasteiger partial charge in [-0.3, -0.25) is 4.79 Å². The highest BCUT2D eigenvalue weighted by molar-refractivity contribution is 7.08. The molecule has 0 radical (unpaired) electrons. The van der Waals surface area contributed by atoms with Crippen LogP contribution in [0.15, 0.2) is 35.0 Å². The van der Waals surface area contributed by atoms with E-state index in [0.29, 0.717) is 0 Å². The second-order valence-corrected chi connectivity index (χ2v) is 4.59. The van der Waals surface area contributed by atoms with Crippen LogP contribution in [0.2, 0.25) is 0 Å². The standard InChI is InChI=1S/C13H13NO2S/c1-9-7-17-8-12(9)13(16)14(2)10-3-5-11(15)6-4-10/h3-8,15H,1-2H3. The third-order valence-electron chi connectivity index (χ3n) is 2.63. The Bertz CT molecular complexity index is 531. The molecule has 0 fully saturated rings. The Balaban J connectivity index is 2.26. The van der Waals surface area contributed by atoms with Crippen molar-refractivity contribution in [3.8, 4) is 5.75 Å². The quantitative estimate of drug-likeness (QED) is 0.886. The molecule has 17 heavy (non-hydrogen) atoms. The van der Waals surface area contributed by atoms with Gasteiger partial charge in [0.25, 0.3) is 5.91 Å². The smallest absolute Gasteiger partial charge is 0.259 e. The fraction of sp³-hybridized carbons (Fsp3) is 0.154. The van der Waals surface area contributed by atoms with Crippen molar-refractivity contribution in [3.63, 3.8) is 0 Å². The van der Waals surface area contributed by atoms with E-state index in [9.17, 15) is 9.90 Å². The Morgan fingerprint density at radius 3 is 2.41 bits per heavy atom. The van der Waals surface area contributed by atoms with Crippen molar-refractivity contribution in [2.75, 3.05) is 11.9 Å². The number of phenolic OH excluding ortho intramolecular Hbond substituents is 1. The minimum absolute atomic E-state index is 0.0329. The molecule has 1 N–H and O–H groups in total. The minimum atomic E-state index is -0.0329. The molecule has 0 spiro atoms. The van der Waals surface area contributed by atoms with Gasteiger partial charge in [-0.05, 0) is 42.1 Å². The monoisotopic (exact) mass is 247 g/mol. The summed E-state index contributed by atoms with van der Waals surface area (Å²) in [6.07, 6.45) is 0. The number of carbonyl (C=O) groups is 1. The number of hydrogen-bond acceptors (Lipinski definition) is 3. The van der Waals surface area contributed by atoms with Gasteiger partial charge >= 0.3 is 0 Å². The Labute approximate surface area is 104 Å². The lowest BCUT2D eigenvalue weighted by atomic mass is 10.2. The summed E-state index contributed by atoms with van der Waals surface area (Å²) in [5, 5.41) is 13.0. The van der Waals surface area contributed by atoms with Gasteiger partial charge in [-0.15, -0.1) is 0 Å². The van der Waals surface area contributed by atoms with Crippen LogP contribution in [0.1, 0.15) is 15.9 Å². The van der Waals surface area contributed by atoms with Crippen LogP contribution in [0.5, 0.6) is 5.75 Å². The Morgan fingerprint density at radius 2 is 1.88 bits per heavy atom. The molecule has 1 aromatic carbocycles. The van der Waals surface area contributed by atoms with E-state index in [1.165, 1.54) is 11.3 Å². The number of nitrogens with zero attached hydrogens (tertiary/aromatic N) is 1. The number of phenols is 1. The molecule has 1 amide bonds. The Hall–Kier alpha value is -1.81. The third-order valence-corrected chi connectivity index (χ3v) is 3.49. The molecule has 1 aromatic heterocycles. The van der Waals surface area contributed by atoms with Crippen molar-refractivity contribution in [2.24, 2.45) is 0 Å². The van der Waals surface area contributed by atoms with Crippen molar-refractivity contribution in [2.45, 2.75) is 6.92 Å². The SMILES string of the molecule is Cc1cscc1C(=O)N(C)c1ccc(O)cc1. The summed E-state index contributed by atoms with van der Waals surface area (Å²) >= 11 is 1.52. The Morgan fingerprint density at radius 1 is 1.24 bits per heavy atom. The van der Waals surface area contributed by atoms with Gasteiger partial charge in [-0.25, -0.2) is 0 Å². The molecule has 0 saturated carbocycles. The molecular weight excluding hydrogens is 234 g/mol. The molecule has 4 heteroatoms. The van der Waals surface area contributed by atoms with E-state index in [2.05, 4.69) is 0 Å². The predicted molar refractivity (Wildman–Crippen MR) is 69.9 cm³/mol. The number of aryl methyl sites for hydroxylation is 1. The number of aromatic hydroxyl groups is 1. The molecule has 0 aliphatic rings. The summed E-state index contributed by atoms with van der Waals surface area (Å²) < 4.78 is 0. The number of carbonyl (C=O) groups excluding carboxylic acids is 1. The topological polar surface area (TPSA) is 40.5 Å². The molecule has 0 bridgehead atoms. The molecule has 88 valence electrons. The number of amides is 1. The van der Waals surface area contributed by atoms with E-state index < -0.39 is 0 Å². The minimum Gasteiger partial charge on any atom is -0.508 e. The molecule has 0 aliphatic carbocycles. The highest BCUT2D eigenvalue weighted by Gasteiger charge is 2.15. The van der Waals surface area contributed by atoms with Gasteiger partial charge < -0.3 is 10.0 Å². The van der Waals surface area contributed by atoms with E-state index in [0.717, 1.165) is 16.8 Å². The lowest BCUT2D eigenvalue weighted by Crippen LogP contribution is -2.26. The van der Waals surface area contributed by atoms with Crippen LogP contribution in [0.4, 0.5) is 5.69 Å². The molecule has 0 unspecified atom stereocenters. The average Bonchev–Trinajstić information content (AvgIpc) is 2.74. The normalized spacial score (nSPS) is 10.2. The van der Waals surface area contributed by atoms with E-state index in [1.54, 1.807) is 36.2 Å². The van der Waals surface area contributed by atoms with Gasteiger partial charge in [0.1, 0.15) is 5.75 Å². The average molecular weight is 247 g/mol. The predicted octanol–water partition coefficient (Wildman–Crippen LogP) is 3.04. The van der Waals surface area contributed by atoms with Gasteiger partial charge in [0, 0.05) is 18.1 Å². The van der Waals surface area contributed by atoms with Crippen LogP contribution >= 0.6 is 11.3 Å². The first-order valence-corrected chi connectivity index (χ1v) is 6.14. The van der Waals surface area contributed by atoms with E-state index in [-0.39, 0.29) is 11.7 Å². The molecule has 3 nitrogen and oxygen atoms in total. The molecule has 0 aliphatic heterocycles. The number of hydrogen-bond donors (Lipinski definition) is 1. The second-order valence-electron chi connectivity index (χ2n) is 3.85. The van der Waals surface area contributed by atoms with E-state index in [4.69, 9.17) is 0 Å². The fourth-order valence-corrected chi connectivity index (χ4v) is 2.38. The highest BCUT2D eigenvalue weighted by Crippen LogP contribution is 2.21. The first kappa shape index (κ1) is 11.7. The molecule has 0 atom stereocenters. The van der Waals surface area contributed by atoms with Gasteiger partial charge in [0.15, 0.2) is 0 Å². The summed E-state index contributed by atoms with van der Waals surface area (Å²) in [4.78, 5) is 13.8. The molecule has 1 heterocycles. The van der Waals surface area contributed by atoms with Gasteiger partial charge in [-0.2, -0.15) is 11.3 Å². The fourth-order valence-electron chi connectivity index (χ4n) is 1.55. The zero-order valence-electron chi connectivity index (χ0n) is 9.68. The number of anilines is 1. The lowest BCUT2D eigenvalue weighted by molar-refractivity contribution is 0.0993. The maximum atomic E-state index is 12.2. The lowest BCUT2D eigenvalue weighted by Gasteiger charge is -2.17. The van der Waals surface area contributed by atoms with Crippen molar-refractivity contribution < 1.29 is 9.90 Å². The maximum Gasteiger partial charge on any atom is 0.259 e. The first-order valence-electron chi connectivity index (χ1n) is 5.19. The number of rotatable bonds is 2. The first-order chi connectivity index (χ1) is 8.09. The second kappa shape index (κ2) is 4.59. The van der Waals surface area contributed by atoms with Crippen LogP contribution in [0.25, 0.3) is 0 Å². The van der Waals surface area contributed by atoms with Gasteiger partial charge in [0.05, 0.1) is 5.56 Å². The molecule has 2 rings (SSSR count). The van der Waals surface area contributed by atoms with Crippen LogP contribution in [-0.2, 0) is 0 Å². The summed E-state index contributed by atoms with van der Waals surface area (Å²) in [7, 11) is 1.73. The number of benzene rings is 1. The molecule has 2 aromatic rings. The van der Waals surface area contributed by atoms with Crippen molar-refractivity contribution in [1.82, 2.24) is 0 Å². The van der Waals surface area contributed by atoms with Crippen LogP contribution in [0, 0.1) is 6.92 Å². The summed E-state index contributed by atoms with van der Waals surface area (Å²) in [6.45, 7) is 1.92. The largest absolute Gasteiger partial charge is 0.508 e. The number of thiophene rings is 1. The van der Waals surface area contributed by atoms with Gasteiger partial charge in [-0.1, -0.05) is 0 Å². The highest BCUT2D eigenvalue weighted by atomic mass is 32.1. The summed E-state index contributed by atoms with van der Waals surface area (Å²) in [5.74, 6) is 0.163. The maximum absolute atomic E-state index is 12.2. The zero-order valence-corrected chi connectivity index (χ0v) is 10.5. The van der Waals surface area contributed by atoms with Crippen molar-refractivity contribution in [1.29, 1.82) is 0 Å². The van der Waals surface area contributed by atoms with Crippen LogP contribution < -0.4 is 4.90 Å². The van der Waals surface area contributed by atoms with Gasteiger partial charge in [0.2, 0.25) is 0 Å². The molecular formula is C13H13NO2S.